The molecule has 1 aromatic rings. The average molecular weight is 198 g/mol. The summed E-state index contributed by atoms with van der Waals surface area (Å²) in [5.74, 6) is -0.341. The maximum atomic E-state index is 11.3. The van der Waals surface area contributed by atoms with Crippen LogP contribution >= 0.6 is 11.6 Å². The van der Waals surface area contributed by atoms with Crippen molar-refractivity contribution in [3.05, 3.63) is 34.9 Å². The molecule has 0 atom stereocenters. The highest BCUT2D eigenvalue weighted by molar-refractivity contribution is 6.30. The minimum absolute atomic E-state index is 0.341. The first kappa shape index (κ1) is 9.74. The van der Waals surface area contributed by atoms with Crippen LogP contribution < -0.4 is 0 Å². The van der Waals surface area contributed by atoms with Gasteiger partial charge in [-0.25, -0.2) is 0 Å². The lowest BCUT2D eigenvalue weighted by atomic mass is 10.2. The summed E-state index contributed by atoms with van der Waals surface area (Å²) in [7, 11) is 1.41. The molecule has 0 saturated heterocycles. The highest BCUT2D eigenvalue weighted by Gasteiger charge is 2.09. The maximum Gasteiger partial charge on any atom is 0.259 e. The molecule has 0 aromatic heterocycles. The zero-order valence-electron chi connectivity index (χ0n) is 7.03. The predicted molar refractivity (Wildman–Crippen MR) is 49.6 cm³/mol. The highest BCUT2D eigenvalue weighted by Crippen LogP contribution is 2.10. The summed E-state index contributed by atoms with van der Waals surface area (Å²) in [6, 6.07) is 6.36. The Balaban J connectivity index is 2.89. The van der Waals surface area contributed by atoms with Crippen molar-refractivity contribution in [3.8, 4) is 0 Å². The Hall–Kier alpha value is -1.35. The van der Waals surface area contributed by atoms with Crippen LogP contribution in [0.25, 0.3) is 0 Å². The molecule has 0 fully saturated rings. The highest BCUT2D eigenvalue weighted by atomic mass is 35.5. The Labute approximate surface area is 80.9 Å². The van der Waals surface area contributed by atoms with E-state index in [1.165, 1.54) is 7.05 Å². The lowest BCUT2D eigenvalue weighted by molar-refractivity contribution is -0.115. The van der Waals surface area contributed by atoms with Gasteiger partial charge in [0.1, 0.15) is 0 Å². The number of halogens is 1. The standard InChI is InChI=1S/C9H8ClNO2/c1-11(6-12)9(13)7-2-4-8(10)5-3-7/h2-6H,1H3. The quantitative estimate of drug-likeness (QED) is 0.675. The van der Waals surface area contributed by atoms with Gasteiger partial charge >= 0.3 is 0 Å². The topological polar surface area (TPSA) is 37.4 Å². The third-order valence-electron chi connectivity index (χ3n) is 1.57. The molecule has 1 rings (SSSR count). The normalized spacial score (nSPS) is 9.38. The van der Waals surface area contributed by atoms with Gasteiger partial charge in [0.25, 0.3) is 5.91 Å². The van der Waals surface area contributed by atoms with E-state index in [9.17, 15) is 9.59 Å². The van der Waals surface area contributed by atoms with Crippen molar-refractivity contribution in [1.29, 1.82) is 0 Å². The molecule has 3 nitrogen and oxygen atoms in total. The van der Waals surface area contributed by atoms with E-state index in [0.29, 0.717) is 17.0 Å². The van der Waals surface area contributed by atoms with Gasteiger partial charge in [0.15, 0.2) is 0 Å². The molecule has 1 aromatic carbocycles. The molecular weight excluding hydrogens is 190 g/mol. The van der Waals surface area contributed by atoms with Crippen molar-refractivity contribution in [2.24, 2.45) is 0 Å². The summed E-state index contributed by atoms with van der Waals surface area (Å²) in [6.45, 7) is 0. The Kier molecular flexibility index (Phi) is 3.03. The Morgan fingerprint density at radius 1 is 1.38 bits per heavy atom. The number of hydrogen-bond acceptors (Lipinski definition) is 2. The second-order valence-corrected chi connectivity index (χ2v) is 2.96. The van der Waals surface area contributed by atoms with Crippen molar-refractivity contribution >= 4 is 23.9 Å². The fraction of sp³-hybridized carbons (Fsp3) is 0.111. The van der Waals surface area contributed by atoms with Crippen molar-refractivity contribution in [2.45, 2.75) is 0 Å². The van der Waals surface area contributed by atoms with Gasteiger partial charge in [-0.2, -0.15) is 0 Å². The van der Waals surface area contributed by atoms with E-state index in [2.05, 4.69) is 0 Å². The maximum absolute atomic E-state index is 11.3. The van der Waals surface area contributed by atoms with Crippen molar-refractivity contribution in [1.82, 2.24) is 4.90 Å². The number of hydrogen-bond donors (Lipinski definition) is 0. The minimum atomic E-state index is -0.341. The molecular formula is C9H8ClNO2. The molecule has 0 bridgehead atoms. The van der Waals surface area contributed by atoms with Gasteiger partial charge < -0.3 is 0 Å². The first-order valence-corrected chi connectivity index (χ1v) is 4.01. The Morgan fingerprint density at radius 2 is 1.92 bits per heavy atom. The monoisotopic (exact) mass is 197 g/mol. The van der Waals surface area contributed by atoms with Gasteiger partial charge in [-0.1, -0.05) is 11.6 Å². The van der Waals surface area contributed by atoms with Gasteiger partial charge in [0.05, 0.1) is 0 Å². The van der Waals surface area contributed by atoms with Gasteiger partial charge in [-0.15, -0.1) is 0 Å². The SMILES string of the molecule is CN(C=O)C(=O)c1ccc(Cl)cc1. The molecule has 0 saturated carbocycles. The van der Waals surface area contributed by atoms with Crippen molar-refractivity contribution in [2.75, 3.05) is 7.05 Å². The largest absolute Gasteiger partial charge is 0.284 e. The van der Waals surface area contributed by atoms with Crippen LogP contribution in [0.15, 0.2) is 24.3 Å². The fourth-order valence-corrected chi connectivity index (χ4v) is 0.970. The number of imide groups is 1. The smallest absolute Gasteiger partial charge is 0.259 e. The van der Waals surface area contributed by atoms with Crippen LogP contribution in [0, 0.1) is 0 Å². The summed E-state index contributed by atoms with van der Waals surface area (Å²) in [6.07, 6.45) is 0.469. The van der Waals surface area contributed by atoms with Gasteiger partial charge in [-0.3, -0.25) is 14.5 Å². The van der Waals surface area contributed by atoms with E-state index >= 15 is 0 Å². The lowest BCUT2D eigenvalue weighted by Crippen LogP contribution is -2.24. The van der Waals surface area contributed by atoms with Crippen LogP contribution in [-0.2, 0) is 4.79 Å². The molecule has 0 spiro atoms. The first-order chi connectivity index (χ1) is 6.15. The van der Waals surface area contributed by atoms with Gasteiger partial charge in [0.2, 0.25) is 6.41 Å². The molecule has 0 radical (unpaired) electrons. The number of amides is 2. The van der Waals surface area contributed by atoms with E-state index in [0.717, 1.165) is 4.90 Å². The van der Waals surface area contributed by atoms with E-state index in [1.807, 2.05) is 0 Å². The molecule has 0 heterocycles. The van der Waals surface area contributed by atoms with Crippen molar-refractivity contribution in [3.63, 3.8) is 0 Å². The van der Waals surface area contributed by atoms with Crippen LogP contribution in [0.4, 0.5) is 0 Å². The first-order valence-electron chi connectivity index (χ1n) is 3.63. The molecule has 4 heteroatoms. The van der Waals surface area contributed by atoms with Crippen LogP contribution in [0.3, 0.4) is 0 Å². The Morgan fingerprint density at radius 3 is 2.38 bits per heavy atom. The average Bonchev–Trinajstić information content (AvgIpc) is 2.17. The third-order valence-corrected chi connectivity index (χ3v) is 1.82. The number of carbonyl (C=O) groups is 2. The second-order valence-electron chi connectivity index (χ2n) is 2.53. The van der Waals surface area contributed by atoms with E-state index < -0.39 is 0 Å². The molecule has 2 amide bonds. The lowest BCUT2D eigenvalue weighted by Gasteiger charge is -2.07. The molecule has 68 valence electrons. The number of carbonyl (C=O) groups excluding carboxylic acids is 2. The number of benzene rings is 1. The van der Waals surface area contributed by atoms with Gasteiger partial charge in [-0.05, 0) is 24.3 Å². The number of nitrogens with zero attached hydrogens (tertiary/aromatic N) is 1. The Bertz CT molecular complexity index is 321. The minimum Gasteiger partial charge on any atom is -0.284 e. The molecule has 0 N–H and O–H groups in total. The second kappa shape index (κ2) is 4.05. The molecule has 0 unspecified atom stereocenters. The summed E-state index contributed by atoms with van der Waals surface area (Å²) >= 11 is 5.64. The molecule has 0 aliphatic carbocycles. The third kappa shape index (κ3) is 2.29. The molecule has 13 heavy (non-hydrogen) atoms. The van der Waals surface area contributed by atoms with Crippen LogP contribution in [0.2, 0.25) is 5.02 Å². The van der Waals surface area contributed by atoms with Crippen molar-refractivity contribution < 1.29 is 9.59 Å². The van der Waals surface area contributed by atoms with E-state index in [1.54, 1.807) is 24.3 Å². The summed E-state index contributed by atoms with van der Waals surface area (Å²) in [5.41, 5.74) is 0.444. The van der Waals surface area contributed by atoms with Gasteiger partial charge in [0, 0.05) is 17.6 Å². The summed E-state index contributed by atoms with van der Waals surface area (Å²) in [4.78, 5) is 22.6. The van der Waals surface area contributed by atoms with E-state index in [-0.39, 0.29) is 5.91 Å². The predicted octanol–water partition coefficient (Wildman–Crippen LogP) is 1.57. The zero-order valence-corrected chi connectivity index (χ0v) is 7.78. The molecule has 0 aliphatic heterocycles. The summed E-state index contributed by atoms with van der Waals surface area (Å²) < 4.78 is 0. The fourth-order valence-electron chi connectivity index (χ4n) is 0.844. The van der Waals surface area contributed by atoms with Crippen LogP contribution in [-0.4, -0.2) is 24.3 Å². The zero-order chi connectivity index (χ0) is 9.84. The summed E-state index contributed by atoms with van der Waals surface area (Å²) in [5, 5.41) is 0.560. The number of rotatable bonds is 2. The van der Waals surface area contributed by atoms with Crippen LogP contribution in [0.1, 0.15) is 10.4 Å². The molecule has 0 aliphatic rings. The van der Waals surface area contributed by atoms with Crippen LogP contribution in [0.5, 0.6) is 0 Å². The van der Waals surface area contributed by atoms with E-state index in [4.69, 9.17) is 11.6 Å².